The maximum atomic E-state index is 10.9. The van der Waals surface area contributed by atoms with Crippen LogP contribution >= 0.6 is 0 Å². The Morgan fingerprint density at radius 1 is 1.33 bits per heavy atom. The van der Waals surface area contributed by atoms with Crippen molar-refractivity contribution in [3.8, 4) is 0 Å². The summed E-state index contributed by atoms with van der Waals surface area (Å²) in [4.78, 5) is 0. The van der Waals surface area contributed by atoms with E-state index in [0.29, 0.717) is 12.1 Å². The number of rotatable bonds is 4. The Morgan fingerprint density at radius 2 is 1.87 bits per heavy atom. The van der Waals surface area contributed by atoms with Gasteiger partial charge in [0.15, 0.2) is 5.37 Å². The Labute approximate surface area is 90.1 Å². The highest BCUT2D eigenvalue weighted by Gasteiger charge is 2.19. The monoisotopic (exact) mass is 229 g/mol. The average molecular weight is 229 g/mol. The first-order valence-electron chi connectivity index (χ1n) is 4.73. The second-order valence-corrected chi connectivity index (χ2v) is 5.02. The molecular weight excluding hydrogens is 214 g/mol. The fraction of sp³-hybridized carbons (Fsp3) is 0.400. The van der Waals surface area contributed by atoms with E-state index in [1.165, 1.54) is 0 Å². The molecule has 0 heterocycles. The second kappa shape index (κ2) is 4.63. The summed E-state index contributed by atoms with van der Waals surface area (Å²) in [6, 6.07) is 7.31. The van der Waals surface area contributed by atoms with Crippen molar-refractivity contribution in [2.45, 2.75) is 25.6 Å². The lowest BCUT2D eigenvalue weighted by atomic mass is 10.2. The van der Waals surface area contributed by atoms with Gasteiger partial charge in [0.1, 0.15) is 0 Å². The number of aryl methyl sites for hydroxylation is 1. The molecule has 2 N–H and O–H groups in total. The maximum Gasteiger partial charge on any atom is 0.286 e. The van der Waals surface area contributed by atoms with Gasteiger partial charge in [0, 0.05) is 5.69 Å². The molecule has 84 valence electrons. The molecule has 0 saturated heterocycles. The molecule has 0 radical (unpaired) electrons. The van der Waals surface area contributed by atoms with Gasteiger partial charge in [-0.25, -0.2) is 0 Å². The van der Waals surface area contributed by atoms with E-state index in [2.05, 4.69) is 5.32 Å². The molecular formula is C10H15NO3S. The standard InChI is InChI=1S/C10H15NO3S/c1-3-10(15(12,13)14)11-9-6-4-8(2)5-7-9/h4-7,10-11H,3H2,1-2H3,(H,12,13,14). The van der Waals surface area contributed by atoms with E-state index in [1.54, 1.807) is 19.1 Å². The predicted molar refractivity (Wildman–Crippen MR) is 60.4 cm³/mol. The largest absolute Gasteiger partial charge is 0.367 e. The van der Waals surface area contributed by atoms with Gasteiger partial charge in [-0.2, -0.15) is 8.42 Å². The van der Waals surface area contributed by atoms with Crippen LogP contribution in [-0.2, 0) is 10.1 Å². The van der Waals surface area contributed by atoms with Crippen LogP contribution in [0.1, 0.15) is 18.9 Å². The first kappa shape index (κ1) is 12.0. The summed E-state index contributed by atoms with van der Waals surface area (Å²) in [5, 5.41) is 1.81. The van der Waals surface area contributed by atoms with Gasteiger partial charge in [0.05, 0.1) is 0 Å². The minimum Gasteiger partial charge on any atom is -0.367 e. The molecule has 15 heavy (non-hydrogen) atoms. The van der Waals surface area contributed by atoms with Gasteiger partial charge in [0.25, 0.3) is 10.1 Å². The number of hydrogen-bond acceptors (Lipinski definition) is 3. The molecule has 0 aliphatic heterocycles. The first-order valence-corrected chi connectivity index (χ1v) is 6.23. The molecule has 0 spiro atoms. The highest BCUT2D eigenvalue weighted by molar-refractivity contribution is 7.86. The van der Waals surface area contributed by atoms with Crippen molar-refractivity contribution in [3.05, 3.63) is 29.8 Å². The zero-order chi connectivity index (χ0) is 11.5. The third kappa shape index (κ3) is 3.53. The molecule has 1 aromatic rings. The summed E-state index contributed by atoms with van der Waals surface area (Å²) in [7, 11) is -4.03. The van der Waals surface area contributed by atoms with E-state index in [4.69, 9.17) is 4.55 Å². The summed E-state index contributed by atoms with van der Waals surface area (Å²) in [5.74, 6) is 0. The fourth-order valence-corrected chi connectivity index (χ4v) is 1.93. The Balaban J connectivity index is 2.80. The maximum absolute atomic E-state index is 10.9. The molecule has 5 heteroatoms. The van der Waals surface area contributed by atoms with E-state index < -0.39 is 15.5 Å². The smallest absolute Gasteiger partial charge is 0.286 e. The fourth-order valence-electron chi connectivity index (χ4n) is 1.22. The quantitative estimate of drug-likeness (QED) is 0.775. The minimum absolute atomic E-state index is 0.312. The Kier molecular flexibility index (Phi) is 3.71. The summed E-state index contributed by atoms with van der Waals surface area (Å²) in [6.45, 7) is 3.64. The molecule has 0 aliphatic carbocycles. The molecule has 1 unspecified atom stereocenters. The molecule has 0 amide bonds. The SMILES string of the molecule is CCC(Nc1ccc(C)cc1)S(=O)(=O)O. The molecule has 4 nitrogen and oxygen atoms in total. The predicted octanol–water partition coefficient (Wildman–Crippen LogP) is 2.03. The number of anilines is 1. The van der Waals surface area contributed by atoms with Crippen LogP contribution in [0.15, 0.2) is 24.3 Å². The third-order valence-electron chi connectivity index (χ3n) is 2.11. The summed E-state index contributed by atoms with van der Waals surface area (Å²) < 4.78 is 30.8. The molecule has 0 aliphatic rings. The van der Waals surface area contributed by atoms with E-state index >= 15 is 0 Å². The molecule has 0 fully saturated rings. The van der Waals surface area contributed by atoms with Crippen LogP contribution in [-0.4, -0.2) is 18.3 Å². The molecule has 1 rings (SSSR count). The lowest BCUT2D eigenvalue weighted by molar-refractivity contribution is 0.470. The van der Waals surface area contributed by atoms with E-state index in [0.717, 1.165) is 5.56 Å². The first-order chi connectivity index (χ1) is 6.93. The van der Waals surface area contributed by atoms with Crippen LogP contribution < -0.4 is 5.32 Å². The van der Waals surface area contributed by atoms with Crippen LogP contribution in [0.2, 0.25) is 0 Å². The molecule has 0 saturated carbocycles. The highest BCUT2D eigenvalue weighted by Crippen LogP contribution is 2.13. The van der Waals surface area contributed by atoms with Gasteiger partial charge in [0.2, 0.25) is 0 Å². The van der Waals surface area contributed by atoms with Gasteiger partial charge in [-0.3, -0.25) is 4.55 Å². The van der Waals surface area contributed by atoms with Gasteiger partial charge in [-0.15, -0.1) is 0 Å². The third-order valence-corrected chi connectivity index (χ3v) is 3.28. The zero-order valence-corrected chi connectivity index (χ0v) is 9.58. The molecule has 1 atom stereocenters. The lowest BCUT2D eigenvalue weighted by Crippen LogP contribution is -2.28. The van der Waals surface area contributed by atoms with E-state index in [9.17, 15) is 8.42 Å². The van der Waals surface area contributed by atoms with Crippen LogP contribution in [0.5, 0.6) is 0 Å². The molecule has 0 bridgehead atoms. The van der Waals surface area contributed by atoms with Crippen LogP contribution in [0.25, 0.3) is 0 Å². The minimum atomic E-state index is -4.03. The number of nitrogens with one attached hydrogen (secondary N) is 1. The zero-order valence-electron chi connectivity index (χ0n) is 8.77. The van der Waals surface area contributed by atoms with Crippen molar-refractivity contribution >= 4 is 15.8 Å². The number of hydrogen-bond donors (Lipinski definition) is 2. The Morgan fingerprint density at radius 3 is 2.27 bits per heavy atom. The van der Waals surface area contributed by atoms with Crippen LogP contribution in [0, 0.1) is 6.92 Å². The second-order valence-electron chi connectivity index (χ2n) is 3.42. The van der Waals surface area contributed by atoms with E-state index in [-0.39, 0.29) is 0 Å². The normalized spacial score (nSPS) is 13.5. The lowest BCUT2D eigenvalue weighted by Gasteiger charge is -2.14. The van der Waals surface area contributed by atoms with Crippen molar-refractivity contribution in [2.24, 2.45) is 0 Å². The summed E-state index contributed by atoms with van der Waals surface area (Å²) >= 11 is 0. The van der Waals surface area contributed by atoms with Crippen molar-refractivity contribution in [1.82, 2.24) is 0 Å². The van der Waals surface area contributed by atoms with Crippen LogP contribution in [0.4, 0.5) is 5.69 Å². The van der Waals surface area contributed by atoms with Crippen molar-refractivity contribution in [3.63, 3.8) is 0 Å². The summed E-state index contributed by atoms with van der Waals surface area (Å²) in [5.41, 5.74) is 1.78. The van der Waals surface area contributed by atoms with Crippen molar-refractivity contribution in [1.29, 1.82) is 0 Å². The van der Waals surface area contributed by atoms with Crippen molar-refractivity contribution in [2.75, 3.05) is 5.32 Å². The van der Waals surface area contributed by atoms with Gasteiger partial charge in [-0.05, 0) is 25.5 Å². The summed E-state index contributed by atoms with van der Waals surface area (Å²) in [6.07, 6.45) is 0.312. The Bertz CT molecular complexity index is 411. The Hall–Kier alpha value is -1.07. The van der Waals surface area contributed by atoms with E-state index in [1.807, 2.05) is 19.1 Å². The topological polar surface area (TPSA) is 66.4 Å². The van der Waals surface area contributed by atoms with Gasteiger partial charge in [-0.1, -0.05) is 24.6 Å². The number of benzene rings is 1. The molecule has 0 aromatic heterocycles. The van der Waals surface area contributed by atoms with Crippen LogP contribution in [0.3, 0.4) is 0 Å². The average Bonchev–Trinajstić information content (AvgIpc) is 2.15. The highest BCUT2D eigenvalue weighted by atomic mass is 32.2. The van der Waals surface area contributed by atoms with Gasteiger partial charge >= 0.3 is 0 Å². The van der Waals surface area contributed by atoms with Gasteiger partial charge < -0.3 is 5.32 Å². The van der Waals surface area contributed by atoms with Crippen molar-refractivity contribution < 1.29 is 13.0 Å². The molecule has 1 aromatic carbocycles.